The predicted octanol–water partition coefficient (Wildman–Crippen LogP) is 9.52. The number of esters is 1. The van der Waals surface area contributed by atoms with Gasteiger partial charge in [0.25, 0.3) is 0 Å². The fraction of sp³-hybridized carbons (Fsp3) is 0.373. The van der Waals surface area contributed by atoms with Gasteiger partial charge in [0.05, 0.1) is 19.2 Å². The summed E-state index contributed by atoms with van der Waals surface area (Å²) in [5, 5.41) is 16.1. The molecule has 2 saturated heterocycles. The minimum absolute atomic E-state index is 0.154. The number of nitrogens with one attached hydrogen (secondary N) is 2. The standard InChI is InChI=1S/C34H40N3O5P.C33H38N3O5P/c1-25(35-43(41,23-26-12-5-3-6-13-26)24-27-14-7-4-8-15-27)33(39)37(30-20-28-16-9-10-17-29(28)21-30)22-32(38)36-19-11-18-31(36)34(40)42-2;1-24(34-42(41,22-25-11-4-2-5-12-25)23-26-13-6-3-7-14-26)32(38)36(29-19-27-15-8-9-16-28(27)20-29)21-31(37)35-18-10-17-30(35)33(39)40/h3-10,12-17,25,30-31H,11,18-24H2,1-2H3,(H,35,41);2-9,11-16,24,29-30H,10,17-23H2,1H3,(H,34,41)(H,39,40)/t25-,31-;24-,30-/m00/s1. The molecular weight excluding hydrogens is 1110 g/mol. The Bertz CT molecular complexity index is 3250. The normalized spacial score (nSPS) is 17.4. The fourth-order valence-corrected chi connectivity index (χ4v) is 18.1. The molecule has 0 saturated carbocycles. The molecule has 18 heteroatoms. The lowest BCUT2D eigenvalue weighted by atomic mass is 10.1. The summed E-state index contributed by atoms with van der Waals surface area (Å²) >= 11 is 0. The van der Waals surface area contributed by atoms with Gasteiger partial charge in [-0.2, -0.15) is 0 Å². The molecule has 446 valence electrons. The zero-order valence-electron chi connectivity index (χ0n) is 48.7. The lowest BCUT2D eigenvalue weighted by molar-refractivity contribution is -0.152. The Balaban J connectivity index is 0.000000204. The number of ether oxygens (including phenoxy) is 1. The summed E-state index contributed by atoms with van der Waals surface area (Å²) in [5.74, 6) is -2.69. The zero-order valence-corrected chi connectivity index (χ0v) is 50.5. The van der Waals surface area contributed by atoms with Crippen LogP contribution in [0.1, 0.15) is 84.0 Å². The van der Waals surface area contributed by atoms with Gasteiger partial charge in [-0.05, 0) is 110 Å². The van der Waals surface area contributed by atoms with E-state index in [4.69, 9.17) is 4.74 Å². The van der Waals surface area contributed by atoms with E-state index in [1.807, 2.05) is 158 Å². The first-order chi connectivity index (χ1) is 41.0. The van der Waals surface area contributed by atoms with E-state index in [0.29, 0.717) is 76.8 Å². The predicted molar refractivity (Wildman–Crippen MR) is 329 cm³/mol. The Morgan fingerprint density at radius 2 is 0.788 bits per heavy atom. The molecule has 2 aliphatic carbocycles. The number of hydrogen-bond donors (Lipinski definition) is 3. The van der Waals surface area contributed by atoms with E-state index in [0.717, 1.165) is 44.5 Å². The number of carbonyl (C=O) groups is 6. The summed E-state index contributed by atoms with van der Waals surface area (Å²) in [4.78, 5) is 85.9. The van der Waals surface area contributed by atoms with Gasteiger partial charge in [-0.3, -0.25) is 29.4 Å². The van der Waals surface area contributed by atoms with E-state index in [2.05, 4.69) is 22.3 Å². The number of carboxylic acid groups (broad SMARTS) is 1. The molecule has 0 spiro atoms. The largest absolute Gasteiger partial charge is 0.480 e. The van der Waals surface area contributed by atoms with Crippen LogP contribution in [0.5, 0.6) is 0 Å². The molecule has 0 aromatic heterocycles. The van der Waals surface area contributed by atoms with E-state index >= 15 is 0 Å². The number of fused-ring (bicyclic) bond motifs is 2. The fourth-order valence-electron chi connectivity index (χ4n) is 12.6. The maximum atomic E-state index is 14.6. The molecule has 6 aromatic rings. The number of benzene rings is 6. The maximum Gasteiger partial charge on any atom is 0.328 e. The van der Waals surface area contributed by atoms with Crippen molar-refractivity contribution in [3.05, 3.63) is 214 Å². The van der Waals surface area contributed by atoms with Crippen LogP contribution in [0.3, 0.4) is 0 Å². The number of likely N-dealkylation sites (tertiary alicyclic amines) is 2. The first kappa shape index (κ1) is 62.1. The van der Waals surface area contributed by atoms with Crippen molar-refractivity contribution in [2.75, 3.05) is 33.3 Å². The highest BCUT2D eigenvalue weighted by atomic mass is 31.2. The van der Waals surface area contributed by atoms with Crippen LogP contribution in [0.15, 0.2) is 170 Å². The smallest absolute Gasteiger partial charge is 0.328 e. The minimum atomic E-state index is -3.15. The van der Waals surface area contributed by atoms with Crippen LogP contribution < -0.4 is 10.2 Å². The quantitative estimate of drug-likeness (QED) is 0.0430. The van der Waals surface area contributed by atoms with Crippen molar-refractivity contribution in [3.8, 4) is 0 Å². The van der Waals surface area contributed by atoms with E-state index in [1.54, 1.807) is 28.5 Å². The summed E-state index contributed by atoms with van der Waals surface area (Å²) in [6, 6.07) is 51.0. The average molecular weight is 1190 g/mol. The molecule has 0 bridgehead atoms. The van der Waals surface area contributed by atoms with Gasteiger partial charge in [-0.15, -0.1) is 0 Å². The van der Waals surface area contributed by atoms with E-state index < -0.39 is 50.7 Å². The second kappa shape index (κ2) is 28.6. The SMILES string of the molecule is COC(=O)[C@@H]1CCCN1C(=O)CN(C(=O)[C@H](C)NP(=O)(Cc1ccccc1)Cc1ccccc1)C1Cc2ccccc2C1.C[C@H](NP(=O)(Cc1ccccc1)Cc1ccccc1)C(=O)N(CC(=O)N1CCC[C@H]1C(=O)O)C1Cc2ccccc2C1. The molecule has 2 heterocycles. The molecule has 85 heavy (non-hydrogen) atoms. The third-order valence-electron chi connectivity index (χ3n) is 16.7. The Morgan fingerprint density at radius 3 is 1.09 bits per heavy atom. The molecule has 16 nitrogen and oxygen atoms in total. The topological polar surface area (TPSA) is 203 Å². The highest BCUT2D eigenvalue weighted by molar-refractivity contribution is 7.60. The maximum absolute atomic E-state index is 14.6. The van der Waals surface area contributed by atoms with Crippen molar-refractivity contribution >= 4 is 50.2 Å². The molecule has 4 atom stereocenters. The van der Waals surface area contributed by atoms with Crippen LogP contribution in [0.25, 0.3) is 0 Å². The monoisotopic (exact) mass is 1190 g/mol. The van der Waals surface area contributed by atoms with E-state index in [-0.39, 0.29) is 61.1 Å². The number of methoxy groups -OCH3 is 1. The molecule has 0 unspecified atom stereocenters. The second-order valence-corrected chi connectivity index (χ2v) is 28.3. The van der Waals surface area contributed by atoms with Gasteiger partial charge in [-0.1, -0.05) is 170 Å². The Hall–Kier alpha value is -7.48. The van der Waals surface area contributed by atoms with Crippen molar-refractivity contribution in [3.63, 3.8) is 0 Å². The van der Waals surface area contributed by atoms with Gasteiger partial charge in [0.15, 0.2) is 14.6 Å². The second-order valence-electron chi connectivity index (χ2n) is 23.0. The number of carbonyl (C=O) groups excluding carboxylic acids is 5. The van der Waals surface area contributed by atoms with Crippen LogP contribution in [0.4, 0.5) is 0 Å². The van der Waals surface area contributed by atoms with Crippen molar-refractivity contribution in [1.29, 1.82) is 0 Å². The lowest BCUT2D eigenvalue weighted by Crippen LogP contribution is -2.54. The molecule has 3 N–H and O–H groups in total. The summed E-state index contributed by atoms with van der Waals surface area (Å²) in [6.45, 7) is 3.88. The van der Waals surface area contributed by atoms with Crippen molar-refractivity contribution in [2.45, 2.75) is 126 Å². The van der Waals surface area contributed by atoms with E-state index in [9.17, 15) is 43.0 Å². The molecule has 6 aromatic carbocycles. The van der Waals surface area contributed by atoms with E-state index in [1.165, 1.54) is 12.0 Å². The van der Waals surface area contributed by atoms with Gasteiger partial charge in [0.1, 0.15) is 25.2 Å². The van der Waals surface area contributed by atoms with Gasteiger partial charge in [-0.25, -0.2) is 9.59 Å². The van der Waals surface area contributed by atoms with Gasteiger partial charge in [0, 0.05) is 49.8 Å². The third kappa shape index (κ3) is 16.1. The number of rotatable bonds is 22. The number of carboxylic acids is 1. The van der Waals surface area contributed by atoms with Gasteiger partial charge >= 0.3 is 11.9 Å². The van der Waals surface area contributed by atoms with Crippen LogP contribution in [0.2, 0.25) is 0 Å². The molecule has 4 amide bonds. The Labute approximate surface area is 499 Å². The van der Waals surface area contributed by atoms with Crippen LogP contribution in [0, 0.1) is 0 Å². The summed E-state index contributed by atoms with van der Waals surface area (Å²) in [5.41, 5.74) is 8.27. The first-order valence-corrected chi connectivity index (χ1v) is 33.7. The third-order valence-corrected chi connectivity index (χ3v) is 22.0. The van der Waals surface area contributed by atoms with Gasteiger partial charge in [0.2, 0.25) is 23.6 Å². The van der Waals surface area contributed by atoms with Crippen LogP contribution in [-0.2, 0) is 93.0 Å². The number of nitrogens with zero attached hydrogens (tertiary/aromatic N) is 4. The highest BCUT2D eigenvalue weighted by Gasteiger charge is 2.42. The Kier molecular flexibility index (Phi) is 20.9. The number of aliphatic carboxylic acids is 1. The van der Waals surface area contributed by atoms with Crippen molar-refractivity contribution in [1.82, 2.24) is 29.8 Å². The summed E-state index contributed by atoms with van der Waals surface area (Å²) < 4.78 is 34.0. The average Bonchev–Trinajstić information content (AvgIpc) is 3.75. The Morgan fingerprint density at radius 1 is 0.494 bits per heavy atom. The first-order valence-electron chi connectivity index (χ1n) is 29.5. The molecule has 2 aliphatic heterocycles. The van der Waals surface area contributed by atoms with Gasteiger partial charge < -0.3 is 38.6 Å². The molecular formula is C67H78N6O10P2. The molecule has 0 radical (unpaired) electrons. The molecule has 4 aliphatic rings. The van der Waals surface area contributed by atoms with Crippen molar-refractivity contribution < 1.29 is 47.7 Å². The summed E-state index contributed by atoms with van der Waals surface area (Å²) in [7, 11) is -4.97. The highest BCUT2D eigenvalue weighted by Crippen LogP contribution is 2.50. The lowest BCUT2D eigenvalue weighted by Gasteiger charge is -2.34. The molecule has 10 rings (SSSR count). The summed E-state index contributed by atoms with van der Waals surface area (Å²) in [6.07, 6.45) is 5.90. The minimum Gasteiger partial charge on any atom is -0.480 e. The van der Waals surface area contributed by atoms with Crippen molar-refractivity contribution in [2.24, 2.45) is 0 Å². The number of amides is 4. The zero-order chi connectivity index (χ0) is 60.1. The molecule has 2 fully saturated rings. The number of hydrogen-bond acceptors (Lipinski definition) is 9. The van der Waals surface area contributed by atoms with Crippen LogP contribution >= 0.6 is 14.6 Å². The van der Waals surface area contributed by atoms with Crippen LogP contribution in [-0.4, -0.2) is 130 Å².